The number of fused-ring (bicyclic) bond motifs is 1. The van der Waals surface area contributed by atoms with Crippen molar-refractivity contribution in [1.29, 1.82) is 0 Å². The van der Waals surface area contributed by atoms with Crippen molar-refractivity contribution < 1.29 is 24.3 Å². The first-order valence-corrected chi connectivity index (χ1v) is 10.6. The Hall–Kier alpha value is -1.77. The van der Waals surface area contributed by atoms with Crippen molar-refractivity contribution in [1.82, 2.24) is 0 Å². The van der Waals surface area contributed by atoms with E-state index in [-0.39, 0.29) is 0 Å². The lowest BCUT2D eigenvalue weighted by atomic mass is 9.85. The molecule has 6 nitrogen and oxygen atoms in total. The zero-order valence-electron chi connectivity index (χ0n) is 18.1. The van der Waals surface area contributed by atoms with Gasteiger partial charge in [0.25, 0.3) is 5.91 Å². The maximum atomic E-state index is 13.4. The Labute approximate surface area is 185 Å². The molecule has 1 heterocycles. The van der Waals surface area contributed by atoms with Crippen LogP contribution in [0, 0.1) is 0 Å². The van der Waals surface area contributed by atoms with Crippen LogP contribution in [-0.4, -0.2) is 17.1 Å². The van der Waals surface area contributed by atoms with Gasteiger partial charge >= 0.3 is 0 Å². The summed E-state index contributed by atoms with van der Waals surface area (Å²) < 4.78 is 0.902. The topological polar surface area (TPSA) is 66.0 Å². The normalized spacial score (nSPS) is 20.0. The summed E-state index contributed by atoms with van der Waals surface area (Å²) in [7, 11) is 0. The number of para-hydroxylation sites is 1. The lowest BCUT2D eigenvalue weighted by molar-refractivity contribution is -0.454. The number of halogens is 1. The average Bonchev–Trinajstić information content (AvgIpc) is 2.93. The highest BCUT2D eigenvalue weighted by molar-refractivity contribution is 9.10. The van der Waals surface area contributed by atoms with Crippen molar-refractivity contribution in [3.05, 3.63) is 64.1 Å². The Bertz CT molecular complexity index is 901. The van der Waals surface area contributed by atoms with E-state index in [4.69, 9.17) is 19.6 Å². The number of rotatable bonds is 6. The summed E-state index contributed by atoms with van der Waals surface area (Å²) >= 11 is 3.45. The number of carbonyl (C=O) groups is 1. The van der Waals surface area contributed by atoms with E-state index in [1.54, 1.807) is 0 Å². The third kappa shape index (κ3) is 4.92. The van der Waals surface area contributed by atoms with Gasteiger partial charge in [0.05, 0.1) is 11.2 Å². The molecular formula is C23H28BrNO5. The standard InChI is InChI=1S/C23H28BrNO5/c1-21(2,3)28-27-19(15-11-13-16(24)14-12-15)23(30-29-22(4,5)6)17-9-7-8-10-18(17)25-20(23)26/h7-14,19H,1-6H3,(H,25,26)/t19-,23+/m0/s1. The van der Waals surface area contributed by atoms with E-state index in [0.717, 1.165) is 4.47 Å². The van der Waals surface area contributed by atoms with Crippen LogP contribution < -0.4 is 5.32 Å². The van der Waals surface area contributed by atoms with E-state index < -0.39 is 28.8 Å². The van der Waals surface area contributed by atoms with Crippen LogP contribution in [0.2, 0.25) is 0 Å². The molecule has 2 aromatic rings. The number of hydrogen-bond acceptors (Lipinski definition) is 5. The number of amides is 1. The smallest absolute Gasteiger partial charge is 0.268 e. The van der Waals surface area contributed by atoms with Crippen LogP contribution >= 0.6 is 15.9 Å². The van der Waals surface area contributed by atoms with E-state index in [1.807, 2.05) is 90.1 Å². The predicted octanol–water partition coefficient (Wildman–Crippen LogP) is 5.83. The summed E-state index contributed by atoms with van der Waals surface area (Å²) in [5.74, 6) is -0.390. The Balaban J connectivity index is 2.16. The zero-order valence-corrected chi connectivity index (χ0v) is 19.7. The maximum absolute atomic E-state index is 13.4. The summed E-state index contributed by atoms with van der Waals surface area (Å²) in [6.07, 6.45) is -0.934. The molecule has 2 atom stereocenters. The molecule has 1 aliphatic heterocycles. The lowest BCUT2D eigenvalue weighted by Crippen LogP contribution is -2.46. The first-order valence-electron chi connectivity index (χ1n) is 9.80. The van der Waals surface area contributed by atoms with Crippen molar-refractivity contribution in [2.75, 3.05) is 5.32 Å². The van der Waals surface area contributed by atoms with E-state index in [1.165, 1.54) is 0 Å². The second kappa shape index (κ2) is 8.40. The van der Waals surface area contributed by atoms with Crippen molar-refractivity contribution >= 4 is 27.5 Å². The Kier molecular flexibility index (Phi) is 6.41. The van der Waals surface area contributed by atoms with Crippen molar-refractivity contribution in [3.8, 4) is 0 Å². The highest BCUT2D eigenvalue weighted by Gasteiger charge is 2.58. The van der Waals surface area contributed by atoms with Gasteiger partial charge in [-0.1, -0.05) is 46.3 Å². The molecule has 1 aliphatic rings. The minimum Gasteiger partial charge on any atom is -0.323 e. The Morgan fingerprint density at radius 1 is 0.900 bits per heavy atom. The molecule has 0 spiro atoms. The van der Waals surface area contributed by atoms with Crippen molar-refractivity contribution in [2.45, 2.75) is 64.4 Å². The van der Waals surface area contributed by atoms with Gasteiger partial charge in [0.15, 0.2) is 6.10 Å². The summed E-state index contributed by atoms with van der Waals surface area (Å²) in [4.78, 5) is 36.7. The molecule has 0 radical (unpaired) electrons. The molecule has 0 saturated carbocycles. The van der Waals surface area contributed by atoms with Gasteiger partial charge in [0.2, 0.25) is 5.60 Å². The molecule has 1 N–H and O–H groups in total. The number of anilines is 1. The average molecular weight is 478 g/mol. The maximum Gasteiger partial charge on any atom is 0.268 e. The number of carbonyl (C=O) groups excluding carboxylic acids is 1. The zero-order chi connectivity index (χ0) is 22.2. The van der Waals surface area contributed by atoms with E-state index in [9.17, 15) is 4.79 Å². The van der Waals surface area contributed by atoms with Crippen LogP contribution in [0.5, 0.6) is 0 Å². The fourth-order valence-corrected chi connectivity index (χ4v) is 3.28. The summed E-state index contributed by atoms with van der Waals surface area (Å²) in [6.45, 7) is 11.1. The van der Waals surface area contributed by atoms with Crippen LogP contribution in [0.1, 0.15) is 58.8 Å². The van der Waals surface area contributed by atoms with Gasteiger partial charge in [0.1, 0.15) is 0 Å². The molecule has 0 aliphatic carbocycles. The van der Waals surface area contributed by atoms with Gasteiger partial charge in [-0.05, 0) is 65.3 Å². The van der Waals surface area contributed by atoms with Crippen LogP contribution in [0.15, 0.2) is 53.0 Å². The summed E-state index contributed by atoms with van der Waals surface area (Å²) in [5, 5.41) is 2.89. The highest BCUT2D eigenvalue weighted by atomic mass is 79.9. The van der Waals surface area contributed by atoms with Crippen molar-refractivity contribution in [3.63, 3.8) is 0 Å². The van der Waals surface area contributed by atoms with E-state index in [2.05, 4.69) is 21.2 Å². The molecule has 7 heteroatoms. The summed E-state index contributed by atoms with van der Waals surface area (Å²) in [6, 6.07) is 14.8. The van der Waals surface area contributed by atoms with Gasteiger partial charge in [-0.2, -0.15) is 0 Å². The van der Waals surface area contributed by atoms with Crippen LogP contribution in [0.3, 0.4) is 0 Å². The van der Waals surface area contributed by atoms with Gasteiger partial charge < -0.3 is 5.32 Å². The molecule has 0 bridgehead atoms. The molecule has 162 valence electrons. The molecule has 0 saturated heterocycles. The second-order valence-corrected chi connectivity index (χ2v) is 10.2. The predicted molar refractivity (Wildman–Crippen MR) is 117 cm³/mol. The first kappa shape index (κ1) is 22.9. The van der Waals surface area contributed by atoms with Gasteiger partial charge in [0, 0.05) is 15.7 Å². The second-order valence-electron chi connectivity index (χ2n) is 9.24. The minimum atomic E-state index is -1.61. The van der Waals surface area contributed by atoms with Crippen LogP contribution in [-0.2, 0) is 29.9 Å². The number of hydrogen-bond donors (Lipinski definition) is 1. The molecule has 0 aromatic heterocycles. The number of benzene rings is 2. The lowest BCUT2D eigenvalue weighted by Gasteiger charge is -2.36. The summed E-state index contributed by atoms with van der Waals surface area (Å²) in [5.41, 5.74) is -0.907. The molecule has 0 unspecified atom stereocenters. The van der Waals surface area contributed by atoms with Gasteiger partial charge in [-0.25, -0.2) is 19.6 Å². The molecule has 0 fully saturated rings. The Morgan fingerprint density at radius 3 is 2.10 bits per heavy atom. The fraction of sp³-hybridized carbons (Fsp3) is 0.435. The van der Waals surface area contributed by atoms with E-state index >= 15 is 0 Å². The fourth-order valence-electron chi connectivity index (χ4n) is 3.02. The monoisotopic (exact) mass is 477 g/mol. The Morgan fingerprint density at radius 2 is 1.50 bits per heavy atom. The van der Waals surface area contributed by atoms with Crippen molar-refractivity contribution in [2.24, 2.45) is 0 Å². The largest absolute Gasteiger partial charge is 0.323 e. The van der Waals surface area contributed by atoms with Gasteiger partial charge in [-0.15, -0.1) is 0 Å². The highest BCUT2D eigenvalue weighted by Crippen LogP contribution is 2.50. The number of nitrogens with one attached hydrogen (secondary N) is 1. The van der Waals surface area contributed by atoms with E-state index in [0.29, 0.717) is 16.8 Å². The molecule has 3 rings (SSSR count). The molecule has 30 heavy (non-hydrogen) atoms. The van der Waals surface area contributed by atoms with Crippen LogP contribution in [0.25, 0.3) is 0 Å². The SMILES string of the molecule is CC(C)(C)OO[C@@H](c1ccc(Br)cc1)[C@@]1(OOC(C)(C)C)C(=O)Nc2ccccc21. The van der Waals surface area contributed by atoms with Crippen LogP contribution in [0.4, 0.5) is 5.69 Å². The minimum absolute atomic E-state index is 0.390. The third-order valence-electron chi connectivity index (χ3n) is 4.27. The molecule has 2 aromatic carbocycles. The molecular weight excluding hydrogens is 450 g/mol. The quantitative estimate of drug-likeness (QED) is 0.418. The first-order chi connectivity index (χ1) is 13.9. The third-order valence-corrected chi connectivity index (χ3v) is 4.80. The van der Waals surface area contributed by atoms with Gasteiger partial charge in [-0.3, -0.25) is 4.79 Å². The molecule has 1 amide bonds.